The topological polar surface area (TPSA) is 109 Å². The van der Waals surface area contributed by atoms with Crippen molar-refractivity contribution in [2.75, 3.05) is 11.9 Å². The number of halogens is 2. The number of nitrogens with one attached hydrogen (secondary N) is 3. The molecule has 0 atom stereocenters. The first-order chi connectivity index (χ1) is 17.7. The van der Waals surface area contributed by atoms with Crippen LogP contribution in [0.2, 0.25) is 10.0 Å². The number of ether oxygens (including phenoxy) is 1. The van der Waals surface area contributed by atoms with Gasteiger partial charge in [0.25, 0.3) is 5.91 Å². The van der Waals surface area contributed by atoms with E-state index in [9.17, 15) is 14.4 Å². The van der Waals surface area contributed by atoms with Gasteiger partial charge in [-0.05, 0) is 46.9 Å². The standard InChI is InChI=1S/C27H26Cl2N4O4/c1-17(2)20-11-9-18(10-12-20)14-30-26(35)27(36)33-31-15-19-5-3-6-21(13-19)37-16-24(34)32-23-8-4-7-22(28)25(23)29/h3-13,15,17H,14,16H2,1-2H3,(H,30,35)(H,32,34)(H,33,36)/b31-15-. The lowest BCUT2D eigenvalue weighted by atomic mass is 10.0. The molecule has 0 saturated carbocycles. The fourth-order valence-electron chi connectivity index (χ4n) is 3.12. The Bertz CT molecular complexity index is 1290. The highest BCUT2D eigenvalue weighted by Crippen LogP contribution is 2.29. The van der Waals surface area contributed by atoms with E-state index in [0.717, 1.165) is 5.56 Å². The van der Waals surface area contributed by atoms with Crippen molar-refractivity contribution in [3.63, 3.8) is 0 Å². The van der Waals surface area contributed by atoms with Crippen LogP contribution in [-0.2, 0) is 20.9 Å². The Labute approximate surface area is 225 Å². The molecular weight excluding hydrogens is 515 g/mol. The first-order valence-corrected chi connectivity index (χ1v) is 12.2. The summed E-state index contributed by atoms with van der Waals surface area (Å²) in [7, 11) is 0. The van der Waals surface area contributed by atoms with E-state index in [4.69, 9.17) is 27.9 Å². The Kier molecular flexibility index (Phi) is 10.1. The number of hydrogen-bond acceptors (Lipinski definition) is 5. The maximum absolute atomic E-state index is 12.2. The van der Waals surface area contributed by atoms with E-state index in [1.807, 2.05) is 24.3 Å². The number of anilines is 1. The van der Waals surface area contributed by atoms with Crippen LogP contribution >= 0.6 is 23.2 Å². The van der Waals surface area contributed by atoms with Gasteiger partial charge in [-0.3, -0.25) is 14.4 Å². The minimum absolute atomic E-state index is 0.227. The van der Waals surface area contributed by atoms with E-state index in [1.54, 1.807) is 42.5 Å². The van der Waals surface area contributed by atoms with E-state index in [2.05, 4.69) is 35.0 Å². The average Bonchev–Trinajstić information content (AvgIpc) is 2.89. The Morgan fingerprint density at radius 1 is 0.973 bits per heavy atom. The van der Waals surface area contributed by atoms with E-state index in [1.165, 1.54) is 11.8 Å². The van der Waals surface area contributed by atoms with Crippen molar-refractivity contribution in [3.05, 3.63) is 93.5 Å². The highest BCUT2D eigenvalue weighted by atomic mass is 35.5. The predicted molar refractivity (Wildman–Crippen MR) is 145 cm³/mol. The third-order valence-corrected chi connectivity index (χ3v) is 5.96. The zero-order valence-electron chi connectivity index (χ0n) is 20.3. The molecule has 0 bridgehead atoms. The van der Waals surface area contributed by atoms with Crippen LogP contribution in [0.3, 0.4) is 0 Å². The minimum atomic E-state index is -0.890. The van der Waals surface area contributed by atoms with Gasteiger partial charge in [0.2, 0.25) is 0 Å². The number of nitrogens with zero attached hydrogens (tertiary/aromatic N) is 1. The van der Waals surface area contributed by atoms with Gasteiger partial charge in [-0.15, -0.1) is 0 Å². The molecule has 0 aromatic heterocycles. The molecule has 0 radical (unpaired) electrons. The third-order valence-electron chi connectivity index (χ3n) is 5.14. The van der Waals surface area contributed by atoms with Crippen molar-refractivity contribution in [1.82, 2.24) is 10.7 Å². The highest BCUT2D eigenvalue weighted by molar-refractivity contribution is 6.44. The average molecular weight is 541 g/mol. The third kappa shape index (κ3) is 8.63. The molecule has 3 aromatic carbocycles. The van der Waals surface area contributed by atoms with E-state index < -0.39 is 17.7 Å². The number of amides is 3. The lowest BCUT2D eigenvalue weighted by Crippen LogP contribution is -2.37. The smallest absolute Gasteiger partial charge is 0.329 e. The molecular formula is C27H26Cl2N4O4. The highest BCUT2D eigenvalue weighted by Gasteiger charge is 2.12. The molecule has 0 aliphatic carbocycles. The summed E-state index contributed by atoms with van der Waals surface area (Å²) in [5.74, 6) is -1.29. The first-order valence-electron chi connectivity index (χ1n) is 11.4. The number of benzene rings is 3. The van der Waals surface area contributed by atoms with Crippen molar-refractivity contribution in [2.45, 2.75) is 26.3 Å². The number of hydrogen-bond donors (Lipinski definition) is 3. The maximum atomic E-state index is 12.2. The summed E-state index contributed by atoms with van der Waals surface area (Å²) in [6.07, 6.45) is 1.36. The van der Waals surface area contributed by atoms with Gasteiger partial charge in [0.15, 0.2) is 6.61 Å². The van der Waals surface area contributed by atoms with Crippen LogP contribution < -0.4 is 20.8 Å². The van der Waals surface area contributed by atoms with Crippen molar-refractivity contribution < 1.29 is 19.1 Å². The molecule has 0 unspecified atom stereocenters. The van der Waals surface area contributed by atoms with Crippen LogP contribution in [0, 0.1) is 0 Å². The van der Waals surface area contributed by atoms with Gasteiger partial charge < -0.3 is 15.4 Å². The Morgan fingerprint density at radius 3 is 2.43 bits per heavy atom. The zero-order chi connectivity index (χ0) is 26.8. The molecule has 0 aliphatic rings. The molecule has 0 saturated heterocycles. The molecule has 3 amide bonds. The van der Waals surface area contributed by atoms with Crippen LogP contribution in [0.5, 0.6) is 5.75 Å². The quantitative estimate of drug-likeness (QED) is 0.203. The molecule has 0 aliphatic heterocycles. The van der Waals surface area contributed by atoms with Gasteiger partial charge in [0, 0.05) is 6.54 Å². The fourth-order valence-corrected chi connectivity index (χ4v) is 3.47. The summed E-state index contributed by atoms with van der Waals surface area (Å²) in [5, 5.41) is 9.57. The number of rotatable bonds is 9. The van der Waals surface area contributed by atoms with Gasteiger partial charge in [-0.2, -0.15) is 5.10 Å². The molecule has 0 heterocycles. The Morgan fingerprint density at radius 2 is 1.70 bits per heavy atom. The summed E-state index contributed by atoms with van der Waals surface area (Å²) in [5.41, 5.74) is 5.24. The lowest BCUT2D eigenvalue weighted by Gasteiger charge is -2.09. The van der Waals surface area contributed by atoms with E-state index >= 15 is 0 Å². The molecule has 10 heteroatoms. The molecule has 37 heavy (non-hydrogen) atoms. The maximum Gasteiger partial charge on any atom is 0.329 e. The van der Waals surface area contributed by atoms with Crippen molar-refractivity contribution in [3.8, 4) is 5.75 Å². The van der Waals surface area contributed by atoms with Crippen molar-refractivity contribution in [1.29, 1.82) is 0 Å². The number of hydrazone groups is 1. The van der Waals surface area contributed by atoms with Crippen LogP contribution in [-0.4, -0.2) is 30.5 Å². The summed E-state index contributed by atoms with van der Waals surface area (Å²) >= 11 is 12.0. The SMILES string of the molecule is CC(C)c1ccc(CNC(=O)C(=O)N/N=C\c2cccc(OCC(=O)Nc3cccc(Cl)c3Cl)c2)cc1. The minimum Gasteiger partial charge on any atom is -0.484 e. The molecule has 3 N–H and O–H groups in total. The Hall–Kier alpha value is -3.88. The van der Waals surface area contributed by atoms with Crippen molar-refractivity contribution in [2.24, 2.45) is 5.10 Å². The second-order valence-electron chi connectivity index (χ2n) is 8.29. The zero-order valence-corrected chi connectivity index (χ0v) is 21.8. The largest absolute Gasteiger partial charge is 0.484 e. The molecule has 3 rings (SSSR count). The molecule has 192 valence electrons. The van der Waals surface area contributed by atoms with Crippen LogP contribution in [0.4, 0.5) is 5.69 Å². The monoisotopic (exact) mass is 540 g/mol. The van der Waals surface area contributed by atoms with Gasteiger partial charge in [0.05, 0.1) is 21.9 Å². The second kappa shape index (κ2) is 13.4. The first kappa shape index (κ1) is 27.7. The number of carbonyl (C=O) groups is 3. The van der Waals surface area contributed by atoms with Gasteiger partial charge in [0.1, 0.15) is 5.75 Å². The van der Waals surface area contributed by atoms with Gasteiger partial charge >= 0.3 is 11.8 Å². The molecule has 0 spiro atoms. The van der Waals surface area contributed by atoms with E-state index in [-0.39, 0.29) is 18.2 Å². The molecule has 3 aromatic rings. The second-order valence-corrected chi connectivity index (χ2v) is 9.07. The summed E-state index contributed by atoms with van der Waals surface area (Å²) in [4.78, 5) is 36.2. The lowest BCUT2D eigenvalue weighted by molar-refractivity contribution is -0.139. The van der Waals surface area contributed by atoms with Crippen LogP contribution in [0.1, 0.15) is 36.5 Å². The number of carbonyl (C=O) groups excluding carboxylic acids is 3. The van der Waals surface area contributed by atoms with Crippen molar-refractivity contribution >= 4 is 52.8 Å². The molecule has 0 fully saturated rings. The Balaban J connectivity index is 1.44. The fraction of sp³-hybridized carbons (Fsp3) is 0.185. The molecule has 8 nitrogen and oxygen atoms in total. The van der Waals surface area contributed by atoms with Crippen LogP contribution in [0.15, 0.2) is 71.8 Å². The van der Waals surface area contributed by atoms with Gasteiger partial charge in [-0.25, -0.2) is 5.43 Å². The summed E-state index contributed by atoms with van der Waals surface area (Å²) in [6, 6.07) is 19.4. The van der Waals surface area contributed by atoms with Crippen LogP contribution in [0.25, 0.3) is 0 Å². The van der Waals surface area contributed by atoms with E-state index in [0.29, 0.717) is 27.9 Å². The summed E-state index contributed by atoms with van der Waals surface area (Å²) in [6.45, 7) is 4.17. The summed E-state index contributed by atoms with van der Waals surface area (Å²) < 4.78 is 5.51. The van der Waals surface area contributed by atoms with Gasteiger partial charge in [-0.1, -0.05) is 79.5 Å². The normalized spacial score (nSPS) is 10.8. The predicted octanol–water partition coefficient (Wildman–Crippen LogP) is 4.90.